The topological polar surface area (TPSA) is 108 Å². The minimum Gasteiger partial charge on any atom is -0.462 e. The average Bonchev–Trinajstić information content (AvgIpc) is 3.12. The van der Waals surface area contributed by atoms with Crippen molar-refractivity contribution < 1.29 is 42.1 Å². The van der Waals surface area contributed by atoms with Gasteiger partial charge in [-0.2, -0.15) is 0 Å². The van der Waals surface area contributed by atoms with E-state index in [1.807, 2.05) is 21.1 Å². The normalized spacial score (nSPS) is 13.7. The number of nitrogens with zero attached hydrogens (tertiary/aromatic N) is 1. The summed E-state index contributed by atoms with van der Waals surface area (Å²) < 4.78 is 34.3. The molecule has 0 saturated carbocycles. The maximum Gasteiger partial charge on any atom is 0.472 e. The Labute approximate surface area is 333 Å². The maximum absolute atomic E-state index is 12.7. The van der Waals surface area contributed by atoms with Gasteiger partial charge in [0, 0.05) is 12.8 Å². The van der Waals surface area contributed by atoms with Crippen molar-refractivity contribution in [2.24, 2.45) is 0 Å². The third kappa shape index (κ3) is 40.4. The van der Waals surface area contributed by atoms with E-state index in [2.05, 4.69) is 26.0 Å². The summed E-state index contributed by atoms with van der Waals surface area (Å²) in [6.07, 6.45) is 38.3. The number of esters is 2. The summed E-state index contributed by atoms with van der Waals surface area (Å²) in [4.78, 5) is 35.3. The Bertz CT molecular complexity index is 938. The molecule has 0 saturated heterocycles. The molecule has 0 aromatic heterocycles. The second kappa shape index (κ2) is 37.3. The summed E-state index contributed by atoms with van der Waals surface area (Å²) in [5.41, 5.74) is 0. The van der Waals surface area contributed by atoms with Crippen LogP contribution in [0, 0.1) is 0 Å². The molecule has 0 amide bonds. The third-order valence-electron chi connectivity index (χ3n) is 9.80. The van der Waals surface area contributed by atoms with Crippen LogP contribution in [0.15, 0.2) is 12.2 Å². The molecule has 0 rings (SSSR count). The highest BCUT2D eigenvalue weighted by Gasteiger charge is 2.27. The highest BCUT2D eigenvalue weighted by Crippen LogP contribution is 2.43. The lowest BCUT2D eigenvalue weighted by molar-refractivity contribution is -0.870. The molecule has 0 radical (unpaired) electrons. The Hall–Kier alpha value is -1.25. The monoisotopic (exact) mass is 789 g/mol. The number of unbranched alkanes of at least 4 members (excludes halogenated alkanes) is 25. The number of allylic oxidation sites excluding steroid dienone is 2. The second-order valence-corrected chi connectivity index (χ2v) is 17.9. The molecule has 0 aromatic rings. The van der Waals surface area contributed by atoms with Crippen LogP contribution in [0.5, 0.6) is 0 Å². The number of phosphoric acid groups is 1. The predicted molar refractivity (Wildman–Crippen MR) is 224 cm³/mol. The minimum atomic E-state index is -4.37. The Balaban J connectivity index is 4.29. The summed E-state index contributed by atoms with van der Waals surface area (Å²) in [7, 11) is 1.48. The summed E-state index contributed by atoms with van der Waals surface area (Å²) in [5, 5.41) is 0. The fourth-order valence-corrected chi connectivity index (χ4v) is 6.99. The molecule has 1 N–H and O–H groups in total. The molecule has 1 unspecified atom stereocenters. The molecular weight excluding hydrogens is 701 g/mol. The van der Waals surface area contributed by atoms with Crippen molar-refractivity contribution in [1.82, 2.24) is 0 Å². The summed E-state index contributed by atoms with van der Waals surface area (Å²) in [6.45, 7) is 4.43. The van der Waals surface area contributed by atoms with Crippen molar-refractivity contribution in [3.63, 3.8) is 0 Å². The van der Waals surface area contributed by atoms with Gasteiger partial charge < -0.3 is 18.9 Å². The molecule has 10 heteroatoms. The SMILES string of the molecule is CCCCCCCC/C=C/CCCCCCCCCCCC(=O)O[C@H](COC(=O)CCCCCCCCCCCCC)COP(=O)(O)OCC[N+](C)(C)C. The van der Waals surface area contributed by atoms with Gasteiger partial charge in [0.25, 0.3) is 0 Å². The van der Waals surface area contributed by atoms with Crippen LogP contribution < -0.4 is 0 Å². The number of rotatable bonds is 41. The van der Waals surface area contributed by atoms with Crippen molar-refractivity contribution in [2.75, 3.05) is 47.5 Å². The number of carbonyl (C=O) groups excluding carboxylic acids is 2. The number of hydrogen-bond donors (Lipinski definition) is 1. The van der Waals surface area contributed by atoms with E-state index in [9.17, 15) is 19.0 Å². The van der Waals surface area contributed by atoms with E-state index in [1.54, 1.807) is 0 Å². The quantitative estimate of drug-likeness (QED) is 0.0214. The van der Waals surface area contributed by atoms with E-state index >= 15 is 0 Å². The number of carbonyl (C=O) groups is 2. The van der Waals surface area contributed by atoms with Gasteiger partial charge in [-0.25, -0.2) is 4.57 Å². The highest BCUT2D eigenvalue weighted by atomic mass is 31.2. The van der Waals surface area contributed by atoms with Crippen LogP contribution in [0.4, 0.5) is 0 Å². The molecule has 54 heavy (non-hydrogen) atoms. The summed E-state index contributed by atoms with van der Waals surface area (Å²) >= 11 is 0. The van der Waals surface area contributed by atoms with Gasteiger partial charge in [-0.15, -0.1) is 0 Å². The van der Waals surface area contributed by atoms with Crippen molar-refractivity contribution >= 4 is 19.8 Å². The van der Waals surface area contributed by atoms with E-state index in [4.69, 9.17) is 18.5 Å². The maximum atomic E-state index is 12.7. The van der Waals surface area contributed by atoms with Crippen molar-refractivity contribution in [3.05, 3.63) is 12.2 Å². The van der Waals surface area contributed by atoms with Gasteiger partial charge in [0.1, 0.15) is 19.8 Å². The highest BCUT2D eigenvalue weighted by molar-refractivity contribution is 7.47. The zero-order valence-corrected chi connectivity index (χ0v) is 36.9. The van der Waals surface area contributed by atoms with Crippen LogP contribution >= 0.6 is 7.82 Å². The Morgan fingerprint density at radius 3 is 1.37 bits per heavy atom. The van der Waals surface area contributed by atoms with Gasteiger partial charge in [-0.1, -0.05) is 167 Å². The Morgan fingerprint density at radius 1 is 0.556 bits per heavy atom. The molecule has 0 aliphatic heterocycles. The van der Waals surface area contributed by atoms with E-state index in [1.165, 1.54) is 141 Å². The number of ether oxygens (including phenoxy) is 2. The molecule has 0 heterocycles. The van der Waals surface area contributed by atoms with Crippen LogP contribution in [0.2, 0.25) is 0 Å². The van der Waals surface area contributed by atoms with Gasteiger partial charge in [0.05, 0.1) is 27.7 Å². The van der Waals surface area contributed by atoms with Crippen LogP contribution in [-0.2, 0) is 32.7 Å². The first-order valence-electron chi connectivity index (χ1n) is 22.4. The molecule has 2 atom stereocenters. The molecule has 0 fully saturated rings. The molecule has 0 bridgehead atoms. The molecular formula is C44H87NO8P+. The van der Waals surface area contributed by atoms with Gasteiger partial charge in [0.15, 0.2) is 6.10 Å². The summed E-state index contributed by atoms with van der Waals surface area (Å²) in [6, 6.07) is 0. The third-order valence-corrected chi connectivity index (χ3v) is 10.8. The molecule has 9 nitrogen and oxygen atoms in total. The standard InChI is InChI=1S/C44H86NO8P/c1-6-8-10-12-14-16-18-19-20-21-22-23-24-25-27-29-31-33-35-37-44(47)53-42(41-52-54(48,49)51-39-38-45(3,4)5)40-50-43(46)36-34-32-30-28-26-17-15-13-11-9-7-2/h19-20,42H,6-18,21-41H2,1-5H3/p+1/b20-19+/t42-/m1/s1. The lowest BCUT2D eigenvalue weighted by Gasteiger charge is -2.24. The fourth-order valence-electron chi connectivity index (χ4n) is 6.24. The molecule has 0 aliphatic rings. The van der Waals surface area contributed by atoms with Crippen LogP contribution in [0.1, 0.15) is 206 Å². The van der Waals surface area contributed by atoms with Gasteiger partial charge in [-0.3, -0.25) is 18.6 Å². The molecule has 0 aromatic carbocycles. The fraction of sp³-hybridized carbons (Fsp3) is 0.909. The number of likely N-dealkylation sites (N-methyl/N-ethyl adjacent to an activating group) is 1. The van der Waals surface area contributed by atoms with Crippen molar-refractivity contribution in [1.29, 1.82) is 0 Å². The second-order valence-electron chi connectivity index (χ2n) is 16.4. The number of quaternary nitrogens is 1. The lowest BCUT2D eigenvalue weighted by atomic mass is 10.1. The smallest absolute Gasteiger partial charge is 0.462 e. The first kappa shape index (κ1) is 52.8. The molecule has 0 aliphatic carbocycles. The Morgan fingerprint density at radius 2 is 0.944 bits per heavy atom. The van der Waals surface area contributed by atoms with Gasteiger partial charge in [-0.05, 0) is 38.5 Å². The molecule has 320 valence electrons. The van der Waals surface area contributed by atoms with E-state index in [-0.39, 0.29) is 25.6 Å². The first-order chi connectivity index (χ1) is 26.0. The Kier molecular flexibility index (Phi) is 36.5. The zero-order valence-electron chi connectivity index (χ0n) is 36.0. The van der Waals surface area contributed by atoms with E-state index < -0.39 is 26.5 Å². The minimum absolute atomic E-state index is 0.0344. The van der Waals surface area contributed by atoms with Crippen molar-refractivity contribution in [3.8, 4) is 0 Å². The first-order valence-corrected chi connectivity index (χ1v) is 23.9. The zero-order chi connectivity index (χ0) is 40.0. The van der Waals surface area contributed by atoms with Crippen LogP contribution in [0.25, 0.3) is 0 Å². The van der Waals surface area contributed by atoms with Crippen LogP contribution in [0.3, 0.4) is 0 Å². The van der Waals surface area contributed by atoms with Crippen molar-refractivity contribution in [2.45, 2.75) is 213 Å². The number of hydrogen-bond acceptors (Lipinski definition) is 7. The number of phosphoric ester groups is 1. The average molecular weight is 789 g/mol. The van der Waals surface area contributed by atoms with Gasteiger partial charge in [0.2, 0.25) is 0 Å². The van der Waals surface area contributed by atoms with Crippen LogP contribution in [-0.4, -0.2) is 74.9 Å². The van der Waals surface area contributed by atoms with E-state index in [0.717, 1.165) is 32.1 Å². The predicted octanol–water partition coefficient (Wildman–Crippen LogP) is 12.6. The summed E-state index contributed by atoms with van der Waals surface area (Å²) in [5.74, 6) is -0.793. The van der Waals surface area contributed by atoms with E-state index in [0.29, 0.717) is 23.9 Å². The lowest BCUT2D eigenvalue weighted by Crippen LogP contribution is -2.37. The molecule has 0 spiro atoms. The van der Waals surface area contributed by atoms with Gasteiger partial charge >= 0.3 is 19.8 Å². The largest absolute Gasteiger partial charge is 0.472 e.